The van der Waals surface area contributed by atoms with E-state index in [0.717, 1.165) is 5.56 Å². The lowest BCUT2D eigenvalue weighted by molar-refractivity contribution is -0.117. The van der Waals surface area contributed by atoms with Gasteiger partial charge < -0.3 is 9.64 Å². The third kappa shape index (κ3) is 2.87. The number of aryl methyl sites for hydroxylation is 1. The minimum absolute atomic E-state index is 0.0160. The Morgan fingerprint density at radius 1 is 1.40 bits per heavy atom. The largest absolute Gasteiger partial charge is 0.495 e. The van der Waals surface area contributed by atoms with E-state index in [0.29, 0.717) is 16.5 Å². The summed E-state index contributed by atoms with van der Waals surface area (Å²) < 4.78 is 27.9. The lowest BCUT2D eigenvalue weighted by atomic mass is 10.2. The Bertz CT molecular complexity index is 660. The molecule has 8 heteroatoms. The van der Waals surface area contributed by atoms with Crippen molar-refractivity contribution < 1.29 is 17.9 Å². The van der Waals surface area contributed by atoms with Gasteiger partial charge in [0.1, 0.15) is 11.0 Å². The van der Waals surface area contributed by atoms with Crippen LogP contribution in [0.3, 0.4) is 0 Å². The van der Waals surface area contributed by atoms with Gasteiger partial charge in [0.05, 0.1) is 12.8 Å². The molecule has 20 heavy (non-hydrogen) atoms. The molecular formula is C12H13Cl2NO4S. The standard InChI is InChI=1S/C12H13Cl2NO4S/c1-7-3-10(11(19-2)5-9(7)13)15-6-8(4-12(15)16)20(14,17)18/h3,5,8H,4,6H2,1-2H3. The number of carbonyl (C=O) groups excluding carboxylic acids is 1. The molecule has 0 aromatic heterocycles. The van der Waals surface area contributed by atoms with Crippen LogP contribution in [0.25, 0.3) is 0 Å². The highest BCUT2D eigenvalue weighted by molar-refractivity contribution is 8.14. The van der Waals surface area contributed by atoms with Crippen LogP contribution in [-0.4, -0.2) is 33.2 Å². The summed E-state index contributed by atoms with van der Waals surface area (Å²) in [7, 11) is 3.02. The van der Waals surface area contributed by atoms with Gasteiger partial charge in [-0.15, -0.1) is 0 Å². The number of benzene rings is 1. The summed E-state index contributed by atoms with van der Waals surface area (Å²) >= 11 is 6.01. The van der Waals surface area contributed by atoms with Crippen LogP contribution in [0.5, 0.6) is 5.75 Å². The van der Waals surface area contributed by atoms with E-state index < -0.39 is 14.3 Å². The highest BCUT2D eigenvalue weighted by Gasteiger charge is 2.39. The SMILES string of the molecule is COc1cc(Cl)c(C)cc1N1CC(S(=O)(=O)Cl)CC1=O. The smallest absolute Gasteiger partial charge is 0.237 e. The number of carbonyl (C=O) groups is 1. The third-order valence-corrected chi connectivity index (χ3v) is 5.51. The average molecular weight is 338 g/mol. The molecule has 1 heterocycles. The Balaban J connectivity index is 2.42. The van der Waals surface area contributed by atoms with Crippen molar-refractivity contribution in [1.29, 1.82) is 0 Å². The quantitative estimate of drug-likeness (QED) is 0.794. The first-order chi connectivity index (χ1) is 9.24. The Hall–Kier alpha value is -0.980. The molecule has 1 amide bonds. The summed E-state index contributed by atoms with van der Waals surface area (Å²) in [5.41, 5.74) is 1.27. The van der Waals surface area contributed by atoms with E-state index >= 15 is 0 Å². The molecule has 1 fully saturated rings. The molecule has 0 bridgehead atoms. The van der Waals surface area contributed by atoms with Crippen LogP contribution in [0.4, 0.5) is 5.69 Å². The number of ether oxygens (including phenoxy) is 1. The van der Waals surface area contributed by atoms with Crippen molar-refractivity contribution in [3.8, 4) is 5.75 Å². The Labute approximate surface area is 126 Å². The second-order valence-electron chi connectivity index (χ2n) is 4.58. The fourth-order valence-electron chi connectivity index (χ4n) is 2.12. The van der Waals surface area contributed by atoms with Crippen LogP contribution in [0.2, 0.25) is 5.02 Å². The Morgan fingerprint density at radius 2 is 2.05 bits per heavy atom. The van der Waals surface area contributed by atoms with Gasteiger partial charge in [-0.25, -0.2) is 8.42 Å². The maximum atomic E-state index is 12.0. The number of anilines is 1. The highest BCUT2D eigenvalue weighted by Crippen LogP contribution is 2.37. The first-order valence-corrected chi connectivity index (χ1v) is 8.57. The molecule has 110 valence electrons. The maximum Gasteiger partial charge on any atom is 0.237 e. The first-order valence-electron chi connectivity index (χ1n) is 5.82. The lowest BCUT2D eigenvalue weighted by Gasteiger charge is -2.20. The van der Waals surface area contributed by atoms with Gasteiger partial charge in [-0.05, 0) is 18.6 Å². The predicted octanol–water partition coefficient (Wildman–Crippen LogP) is 2.33. The van der Waals surface area contributed by atoms with E-state index in [2.05, 4.69) is 0 Å². The molecule has 2 rings (SSSR count). The molecule has 0 aliphatic carbocycles. The van der Waals surface area contributed by atoms with Gasteiger partial charge in [0.25, 0.3) is 0 Å². The Kier molecular flexibility index (Phi) is 4.18. The van der Waals surface area contributed by atoms with Crippen molar-refractivity contribution in [3.63, 3.8) is 0 Å². The van der Waals surface area contributed by atoms with E-state index in [4.69, 9.17) is 27.0 Å². The Morgan fingerprint density at radius 3 is 2.55 bits per heavy atom. The van der Waals surface area contributed by atoms with Gasteiger partial charge in [0.2, 0.25) is 15.0 Å². The summed E-state index contributed by atoms with van der Waals surface area (Å²) in [6.07, 6.45) is -0.128. The van der Waals surface area contributed by atoms with Crippen molar-refractivity contribution in [3.05, 3.63) is 22.7 Å². The average Bonchev–Trinajstić information content (AvgIpc) is 2.74. The molecule has 1 atom stereocenters. The highest BCUT2D eigenvalue weighted by atomic mass is 35.7. The summed E-state index contributed by atoms with van der Waals surface area (Å²) in [6.45, 7) is 1.81. The van der Waals surface area contributed by atoms with E-state index in [-0.39, 0.29) is 18.9 Å². The van der Waals surface area contributed by atoms with Crippen LogP contribution < -0.4 is 9.64 Å². The predicted molar refractivity (Wildman–Crippen MR) is 78.3 cm³/mol. The number of rotatable bonds is 3. The number of halogens is 2. The maximum absolute atomic E-state index is 12.0. The molecule has 0 spiro atoms. The van der Waals surface area contributed by atoms with Gasteiger partial charge in [0.15, 0.2) is 0 Å². The second kappa shape index (κ2) is 5.42. The number of methoxy groups -OCH3 is 1. The normalized spacial score (nSPS) is 19.5. The van der Waals surface area contributed by atoms with Crippen molar-refractivity contribution in [2.24, 2.45) is 0 Å². The van der Waals surface area contributed by atoms with E-state index in [1.54, 1.807) is 19.1 Å². The minimum Gasteiger partial charge on any atom is -0.495 e. The number of hydrogen-bond donors (Lipinski definition) is 0. The summed E-state index contributed by atoms with van der Waals surface area (Å²) in [5, 5.41) is -0.392. The van der Waals surface area contributed by atoms with Crippen LogP contribution in [0, 0.1) is 6.92 Å². The molecule has 1 saturated heterocycles. The van der Waals surface area contributed by atoms with Crippen LogP contribution in [-0.2, 0) is 13.8 Å². The van der Waals surface area contributed by atoms with Gasteiger partial charge in [-0.3, -0.25) is 4.79 Å². The van der Waals surface area contributed by atoms with Crippen LogP contribution >= 0.6 is 22.3 Å². The number of hydrogen-bond acceptors (Lipinski definition) is 4. The van der Waals surface area contributed by atoms with Gasteiger partial charge in [-0.2, -0.15) is 0 Å². The van der Waals surface area contributed by atoms with Crippen LogP contribution in [0.15, 0.2) is 12.1 Å². The van der Waals surface area contributed by atoms with Gasteiger partial charge in [-0.1, -0.05) is 11.6 Å². The third-order valence-electron chi connectivity index (χ3n) is 3.24. The van der Waals surface area contributed by atoms with Crippen LogP contribution in [0.1, 0.15) is 12.0 Å². The van der Waals surface area contributed by atoms with Crippen molar-refractivity contribution >= 4 is 42.9 Å². The fourth-order valence-corrected chi connectivity index (χ4v) is 3.30. The zero-order valence-corrected chi connectivity index (χ0v) is 13.2. The molecular weight excluding hydrogens is 325 g/mol. The molecule has 1 unspecified atom stereocenters. The van der Waals surface area contributed by atoms with Crippen molar-refractivity contribution in [1.82, 2.24) is 0 Å². The summed E-state index contributed by atoms with van der Waals surface area (Å²) in [4.78, 5) is 13.4. The number of amides is 1. The van der Waals surface area contributed by atoms with E-state index in [1.807, 2.05) is 0 Å². The second-order valence-corrected chi connectivity index (χ2v) is 7.89. The topological polar surface area (TPSA) is 63.7 Å². The van der Waals surface area contributed by atoms with Gasteiger partial charge >= 0.3 is 0 Å². The molecule has 1 aromatic rings. The molecule has 1 aromatic carbocycles. The molecule has 5 nitrogen and oxygen atoms in total. The summed E-state index contributed by atoms with van der Waals surface area (Å²) in [6, 6.07) is 3.30. The first kappa shape index (κ1) is 15.4. The molecule has 0 N–H and O–H groups in total. The fraction of sp³-hybridized carbons (Fsp3) is 0.417. The molecule has 0 radical (unpaired) electrons. The van der Waals surface area contributed by atoms with Crippen molar-refractivity contribution in [2.45, 2.75) is 18.6 Å². The molecule has 1 aliphatic rings. The number of nitrogens with zero attached hydrogens (tertiary/aromatic N) is 1. The minimum atomic E-state index is -3.77. The molecule has 1 aliphatic heterocycles. The van der Waals surface area contributed by atoms with Gasteiger partial charge in [0, 0.05) is 34.7 Å². The van der Waals surface area contributed by atoms with Crippen molar-refractivity contribution in [2.75, 3.05) is 18.6 Å². The lowest BCUT2D eigenvalue weighted by Crippen LogP contribution is -2.27. The summed E-state index contributed by atoms with van der Waals surface area (Å²) in [5.74, 6) is 0.112. The van der Waals surface area contributed by atoms with E-state index in [9.17, 15) is 13.2 Å². The van der Waals surface area contributed by atoms with E-state index in [1.165, 1.54) is 12.0 Å². The monoisotopic (exact) mass is 337 g/mol. The molecule has 0 saturated carbocycles. The zero-order chi connectivity index (χ0) is 15.1. The zero-order valence-electron chi connectivity index (χ0n) is 10.9.